The zero-order valence-corrected chi connectivity index (χ0v) is 22.8. The average molecular weight is 534 g/mol. The molecule has 2 aliphatic rings. The van der Waals surface area contributed by atoms with Crippen LogP contribution < -0.4 is 14.8 Å². The summed E-state index contributed by atoms with van der Waals surface area (Å²) in [5.74, 6) is 0.944. The summed E-state index contributed by atoms with van der Waals surface area (Å²) >= 11 is 1.35. The van der Waals surface area contributed by atoms with Crippen molar-refractivity contribution in [3.8, 4) is 11.5 Å². The van der Waals surface area contributed by atoms with Gasteiger partial charge in [-0.1, -0.05) is 12.1 Å². The van der Waals surface area contributed by atoms with E-state index in [0.29, 0.717) is 29.2 Å². The Bertz CT molecular complexity index is 1170. The predicted molar refractivity (Wildman–Crippen MR) is 140 cm³/mol. The summed E-state index contributed by atoms with van der Waals surface area (Å²) < 4.78 is 35.3. The van der Waals surface area contributed by atoms with Crippen LogP contribution in [-0.2, 0) is 31.0 Å². The monoisotopic (exact) mass is 533 g/mol. The van der Waals surface area contributed by atoms with E-state index >= 15 is 0 Å². The van der Waals surface area contributed by atoms with Gasteiger partial charge in [0, 0.05) is 11.3 Å². The lowest BCUT2D eigenvalue weighted by atomic mass is 9.97. The Kier molecular flexibility index (Phi) is 8.15. The molecule has 1 amide bonds. The van der Waals surface area contributed by atoms with E-state index in [0.717, 1.165) is 11.1 Å². The van der Waals surface area contributed by atoms with Crippen LogP contribution >= 0.6 is 19.4 Å². The molecule has 0 aliphatic carbocycles. The van der Waals surface area contributed by atoms with Gasteiger partial charge in [0.25, 0.3) is 0 Å². The van der Waals surface area contributed by atoms with Crippen molar-refractivity contribution in [2.45, 2.75) is 69.9 Å². The number of nitrogens with one attached hydrogen (secondary N) is 1. The number of amides is 1. The fourth-order valence-electron chi connectivity index (χ4n) is 4.19. The Hall–Kier alpha value is -2.32. The maximum absolute atomic E-state index is 13.2. The molecule has 0 saturated carbocycles. The van der Waals surface area contributed by atoms with Gasteiger partial charge in [0.1, 0.15) is 0 Å². The minimum absolute atomic E-state index is 0.0235. The highest BCUT2D eigenvalue weighted by molar-refractivity contribution is 8.02. The molecule has 0 fully saturated rings. The number of ketones is 1. The molecule has 0 saturated heterocycles. The van der Waals surface area contributed by atoms with Gasteiger partial charge in [-0.2, -0.15) is 0 Å². The molecule has 2 aliphatic heterocycles. The van der Waals surface area contributed by atoms with E-state index in [1.807, 2.05) is 34.6 Å². The molecule has 0 spiro atoms. The largest absolute Gasteiger partial charge is 0.454 e. The average Bonchev–Trinajstić information content (AvgIpc) is 3.20. The number of rotatable bonds is 8. The zero-order chi connectivity index (χ0) is 26.0. The van der Waals surface area contributed by atoms with E-state index in [1.54, 1.807) is 36.4 Å². The summed E-state index contributed by atoms with van der Waals surface area (Å²) in [6, 6.07) is 10.7. The predicted octanol–water partition coefficient (Wildman–Crippen LogP) is 5.83. The molecule has 2 atom stereocenters. The van der Waals surface area contributed by atoms with Gasteiger partial charge in [-0.3, -0.25) is 14.2 Å². The molecule has 4 rings (SSSR count). The van der Waals surface area contributed by atoms with Crippen molar-refractivity contribution in [2.24, 2.45) is 0 Å². The van der Waals surface area contributed by atoms with Gasteiger partial charge in [-0.05, 0) is 76.4 Å². The minimum Gasteiger partial charge on any atom is -0.454 e. The summed E-state index contributed by atoms with van der Waals surface area (Å²) in [5, 5.41) is 2.13. The van der Waals surface area contributed by atoms with Gasteiger partial charge in [0.15, 0.2) is 17.3 Å². The first kappa shape index (κ1) is 26.7. The van der Waals surface area contributed by atoms with Gasteiger partial charge < -0.3 is 23.8 Å². The van der Waals surface area contributed by atoms with Crippen LogP contribution in [0.3, 0.4) is 0 Å². The van der Waals surface area contributed by atoms with Crippen molar-refractivity contribution in [2.75, 3.05) is 12.1 Å². The number of fused-ring (bicyclic) bond motifs is 2. The number of hydrogen-bond acceptors (Lipinski definition) is 8. The fraction of sp³-hybridized carbons (Fsp3) is 0.462. The Labute approximate surface area is 215 Å². The van der Waals surface area contributed by atoms with Crippen molar-refractivity contribution in [3.05, 3.63) is 53.1 Å². The number of ether oxygens (including phenoxy) is 2. The first-order valence-electron chi connectivity index (χ1n) is 12.0. The van der Waals surface area contributed by atoms with Crippen molar-refractivity contribution in [3.63, 3.8) is 0 Å². The van der Waals surface area contributed by atoms with Crippen LogP contribution in [0.25, 0.3) is 0 Å². The maximum Gasteiger partial charge on any atom is 0.335 e. The quantitative estimate of drug-likeness (QED) is 0.424. The van der Waals surface area contributed by atoms with Gasteiger partial charge in [0.05, 0.1) is 28.9 Å². The van der Waals surface area contributed by atoms with Crippen molar-refractivity contribution < 1.29 is 32.7 Å². The minimum atomic E-state index is -3.31. The van der Waals surface area contributed by atoms with E-state index in [2.05, 4.69) is 5.32 Å². The molecule has 0 bridgehead atoms. The fourth-order valence-corrected chi connectivity index (χ4v) is 7.54. The molecule has 2 aromatic carbocycles. The molecule has 0 aromatic heterocycles. The smallest absolute Gasteiger partial charge is 0.335 e. The number of benzene rings is 2. The molecule has 1 N–H and O–H groups in total. The molecule has 8 nitrogen and oxygen atoms in total. The second kappa shape index (κ2) is 11.0. The molecule has 0 unspecified atom stereocenters. The first-order valence-corrected chi connectivity index (χ1v) is 14.7. The lowest BCUT2D eigenvalue weighted by molar-refractivity contribution is -0.115. The van der Waals surface area contributed by atoms with Crippen LogP contribution in [0.1, 0.15) is 56.1 Å². The van der Waals surface area contributed by atoms with Crippen molar-refractivity contribution in [1.82, 2.24) is 0 Å². The zero-order valence-electron chi connectivity index (χ0n) is 21.1. The third-order valence-electron chi connectivity index (χ3n) is 5.64. The number of carbonyl (C=O) groups excluding carboxylic acids is 2. The number of anilines is 1. The lowest BCUT2D eigenvalue weighted by Crippen LogP contribution is -2.28. The Morgan fingerprint density at radius 3 is 2.31 bits per heavy atom. The van der Waals surface area contributed by atoms with E-state index in [1.165, 1.54) is 11.8 Å². The SMILES string of the molecule is CC(C)OP(=O)(Cc1ccc(NC(=O)[C@H]2Cc3cc4c(cc3C(=O)[C@H](C)S2)OCO4)cc1)OC(C)C. The second-order valence-electron chi connectivity index (χ2n) is 9.46. The molecule has 2 aromatic rings. The third kappa shape index (κ3) is 6.32. The topological polar surface area (TPSA) is 100 Å². The van der Waals surface area contributed by atoms with Crippen LogP contribution in [0.2, 0.25) is 0 Å². The highest BCUT2D eigenvalue weighted by atomic mass is 32.2. The molecule has 2 heterocycles. The van der Waals surface area contributed by atoms with Crippen LogP contribution in [0.15, 0.2) is 36.4 Å². The summed E-state index contributed by atoms with van der Waals surface area (Å²) in [6.45, 7) is 9.23. The molecule has 10 heteroatoms. The maximum atomic E-state index is 13.2. The van der Waals surface area contributed by atoms with E-state index in [9.17, 15) is 14.2 Å². The summed E-state index contributed by atoms with van der Waals surface area (Å²) in [7, 11) is -3.31. The van der Waals surface area contributed by atoms with E-state index < -0.39 is 12.8 Å². The molecule has 36 heavy (non-hydrogen) atoms. The number of Topliss-reactive ketones (excluding diaryl/α,β-unsaturated/α-hetero) is 1. The highest BCUT2D eigenvalue weighted by Gasteiger charge is 2.34. The van der Waals surface area contributed by atoms with E-state index in [4.69, 9.17) is 18.5 Å². The molecule has 0 radical (unpaired) electrons. The van der Waals surface area contributed by atoms with Gasteiger partial charge in [-0.15, -0.1) is 11.8 Å². The Balaban J connectivity index is 1.46. The highest BCUT2D eigenvalue weighted by Crippen LogP contribution is 2.53. The molecule has 194 valence electrons. The van der Waals surface area contributed by atoms with Gasteiger partial charge in [0.2, 0.25) is 12.7 Å². The Morgan fingerprint density at radius 2 is 1.69 bits per heavy atom. The van der Waals surface area contributed by atoms with E-state index in [-0.39, 0.29) is 42.1 Å². The van der Waals surface area contributed by atoms with Gasteiger partial charge >= 0.3 is 7.60 Å². The van der Waals surface area contributed by atoms with Crippen LogP contribution in [-0.4, -0.2) is 41.2 Å². The summed E-state index contributed by atoms with van der Waals surface area (Å²) in [4.78, 5) is 26.1. The summed E-state index contributed by atoms with van der Waals surface area (Å²) in [6.07, 6.45) is 0.0797. The van der Waals surface area contributed by atoms with Gasteiger partial charge in [-0.25, -0.2) is 0 Å². The van der Waals surface area contributed by atoms with Crippen LogP contribution in [0.5, 0.6) is 11.5 Å². The third-order valence-corrected chi connectivity index (χ3v) is 9.21. The number of thioether (sulfide) groups is 1. The standard InChI is InChI=1S/C26H32NO7PS/c1-15(2)33-35(30,34-16(3)4)13-18-6-8-20(9-7-18)27-26(29)24-11-19-10-22-23(32-14-31-22)12-21(19)25(28)17(5)36-24/h6-10,12,15-17,24H,11,13-14H2,1-5H3,(H,27,29)/t17-,24+/m0/s1. The second-order valence-corrected chi connectivity index (χ2v) is 13.0. The normalized spacial score (nSPS) is 19.4. The number of hydrogen-bond donors (Lipinski definition) is 1. The van der Waals surface area contributed by atoms with Crippen molar-refractivity contribution in [1.29, 1.82) is 0 Å². The molecular formula is C26H32NO7PS. The van der Waals surface area contributed by atoms with Crippen LogP contribution in [0, 0.1) is 0 Å². The van der Waals surface area contributed by atoms with Crippen LogP contribution in [0.4, 0.5) is 5.69 Å². The first-order chi connectivity index (χ1) is 17.0. The Morgan fingerprint density at radius 1 is 1.08 bits per heavy atom. The van der Waals surface area contributed by atoms with Crippen molar-refractivity contribution >= 4 is 36.7 Å². The summed E-state index contributed by atoms with van der Waals surface area (Å²) in [5.41, 5.74) is 2.76. The lowest BCUT2D eigenvalue weighted by Gasteiger charge is -2.23. The number of carbonyl (C=O) groups is 2. The molecular weight excluding hydrogens is 501 g/mol.